The average molecular weight is 411 g/mol. The summed E-state index contributed by atoms with van der Waals surface area (Å²) in [5.74, 6) is -0.831. The van der Waals surface area contributed by atoms with E-state index in [1.54, 1.807) is 12.1 Å². The fourth-order valence-corrected chi connectivity index (χ4v) is 4.37. The lowest BCUT2D eigenvalue weighted by Gasteiger charge is -2.29. The van der Waals surface area contributed by atoms with Crippen LogP contribution in [0.25, 0.3) is 0 Å². The Bertz CT molecular complexity index is 948. The number of ketones is 1. The number of sulfonamides is 1. The van der Waals surface area contributed by atoms with Crippen molar-refractivity contribution in [3.63, 3.8) is 0 Å². The van der Waals surface area contributed by atoms with Gasteiger partial charge in [-0.15, -0.1) is 4.83 Å². The summed E-state index contributed by atoms with van der Waals surface area (Å²) in [5.41, 5.74) is 4.05. The van der Waals surface area contributed by atoms with Crippen LogP contribution in [-0.4, -0.2) is 20.2 Å². The van der Waals surface area contributed by atoms with Gasteiger partial charge >= 0.3 is 0 Å². The Labute approximate surface area is 162 Å². The van der Waals surface area contributed by atoms with E-state index >= 15 is 0 Å². The molecule has 2 N–H and O–H groups in total. The Morgan fingerprint density at radius 1 is 1.11 bits per heavy atom. The van der Waals surface area contributed by atoms with Crippen molar-refractivity contribution in [3.8, 4) is 0 Å². The van der Waals surface area contributed by atoms with E-state index in [4.69, 9.17) is 11.6 Å². The van der Waals surface area contributed by atoms with Crippen LogP contribution in [0.5, 0.6) is 0 Å². The van der Waals surface area contributed by atoms with Crippen LogP contribution < -0.4 is 10.3 Å². The number of nitrogens with one attached hydrogen (secondary N) is 2. The van der Waals surface area contributed by atoms with Crippen molar-refractivity contribution in [3.05, 3.63) is 64.4 Å². The molecule has 2 unspecified atom stereocenters. The molecule has 1 saturated carbocycles. The molecule has 27 heavy (non-hydrogen) atoms. The highest BCUT2D eigenvalue weighted by Crippen LogP contribution is 2.34. The van der Waals surface area contributed by atoms with Gasteiger partial charge in [0.05, 0.1) is 4.90 Å². The zero-order valence-electron chi connectivity index (χ0n) is 14.7. The van der Waals surface area contributed by atoms with E-state index in [1.807, 2.05) is 6.92 Å². The second-order valence-electron chi connectivity index (χ2n) is 6.81. The van der Waals surface area contributed by atoms with Gasteiger partial charge in [0, 0.05) is 23.9 Å². The van der Waals surface area contributed by atoms with Gasteiger partial charge in [0.1, 0.15) is 11.6 Å². The van der Waals surface area contributed by atoms with Crippen molar-refractivity contribution < 1.29 is 17.6 Å². The number of carbonyl (C=O) groups excluding carboxylic acids is 1. The quantitative estimate of drug-likeness (QED) is 0.740. The molecule has 5 nitrogen and oxygen atoms in total. The highest BCUT2D eigenvalue weighted by molar-refractivity contribution is 7.89. The molecule has 2 atom stereocenters. The highest BCUT2D eigenvalue weighted by atomic mass is 35.5. The van der Waals surface area contributed by atoms with E-state index in [2.05, 4.69) is 10.3 Å². The number of halogens is 2. The standard InChI is InChI=1S/C19H20ClFN2O3S/c1-12-2-5-17(6-3-12)27(25,26)23-22-15-8-13(9-16(24)11-15)18-10-14(20)4-7-19(18)21/h2-7,10,13,15,22-23H,8-9,11H2,1H3. The third-order valence-electron chi connectivity index (χ3n) is 4.64. The molecule has 1 aliphatic carbocycles. The maximum Gasteiger partial charge on any atom is 0.253 e. The van der Waals surface area contributed by atoms with Crippen LogP contribution in [0.1, 0.15) is 36.3 Å². The Morgan fingerprint density at radius 3 is 2.52 bits per heavy atom. The number of aryl methyl sites for hydroxylation is 1. The summed E-state index contributed by atoms with van der Waals surface area (Å²) >= 11 is 5.95. The van der Waals surface area contributed by atoms with E-state index in [-0.39, 0.29) is 29.4 Å². The SMILES string of the molecule is Cc1ccc(S(=O)(=O)NNC2CC(=O)CC(c3cc(Cl)ccc3F)C2)cc1. The van der Waals surface area contributed by atoms with Gasteiger partial charge in [0.15, 0.2) is 0 Å². The zero-order valence-corrected chi connectivity index (χ0v) is 16.3. The van der Waals surface area contributed by atoms with Gasteiger partial charge in [-0.2, -0.15) is 0 Å². The number of carbonyl (C=O) groups is 1. The number of benzene rings is 2. The van der Waals surface area contributed by atoms with Crippen molar-refractivity contribution in [1.82, 2.24) is 10.3 Å². The second-order valence-corrected chi connectivity index (χ2v) is 8.92. The Morgan fingerprint density at radius 2 is 1.81 bits per heavy atom. The number of Topliss-reactive ketones (excluding diaryl/α,β-unsaturated/α-hetero) is 1. The summed E-state index contributed by atoms with van der Waals surface area (Å²) in [6.45, 7) is 1.87. The third kappa shape index (κ3) is 4.93. The summed E-state index contributed by atoms with van der Waals surface area (Å²) in [7, 11) is -3.76. The normalized spacial score (nSPS) is 20.6. The lowest BCUT2D eigenvalue weighted by atomic mass is 9.80. The Hall–Kier alpha value is -1.80. The predicted molar refractivity (Wildman–Crippen MR) is 101 cm³/mol. The van der Waals surface area contributed by atoms with Crippen LogP contribution >= 0.6 is 11.6 Å². The molecule has 144 valence electrons. The average Bonchev–Trinajstić information content (AvgIpc) is 2.62. The fraction of sp³-hybridized carbons (Fsp3) is 0.316. The molecule has 1 fully saturated rings. The summed E-state index contributed by atoms with van der Waals surface area (Å²) in [4.78, 5) is 14.6. The van der Waals surface area contributed by atoms with Gasteiger partial charge in [-0.05, 0) is 55.2 Å². The van der Waals surface area contributed by atoms with E-state index in [0.717, 1.165) is 5.56 Å². The first-order valence-corrected chi connectivity index (χ1v) is 10.4. The van der Waals surface area contributed by atoms with Crippen molar-refractivity contribution in [1.29, 1.82) is 0 Å². The smallest absolute Gasteiger partial charge is 0.253 e. The first-order valence-electron chi connectivity index (χ1n) is 8.55. The van der Waals surface area contributed by atoms with E-state index in [9.17, 15) is 17.6 Å². The molecule has 3 rings (SSSR count). The molecule has 0 radical (unpaired) electrons. The fourth-order valence-electron chi connectivity index (χ4n) is 3.25. The van der Waals surface area contributed by atoms with Crippen LogP contribution in [0.4, 0.5) is 4.39 Å². The molecule has 0 amide bonds. The van der Waals surface area contributed by atoms with Gasteiger partial charge in [-0.25, -0.2) is 18.2 Å². The van der Waals surface area contributed by atoms with Crippen molar-refractivity contribution >= 4 is 27.4 Å². The highest BCUT2D eigenvalue weighted by Gasteiger charge is 2.30. The van der Waals surface area contributed by atoms with E-state index in [0.29, 0.717) is 17.0 Å². The first-order chi connectivity index (χ1) is 12.7. The minimum atomic E-state index is -3.76. The van der Waals surface area contributed by atoms with Gasteiger partial charge in [-0.1, -0.05) is 29.3 Å². The largest absolute Gasteiger partial charge is 0.300 e. The molecule has 0 spiro atoms. The molecule has 0 aromatic heterocycles. The van der Waals surface area contributed by atoms with Crippen LogP contribution in [0.3, 0.4) is 0 Å². The molecular formula is C19H20ClFN2O3S. The summed E-state index contributed by atoms with van der Waals surface area (Å²) in [6, 6.07) is 10.2. The lowest BCUT2D eigenvalue weighted by Crippen LogP contribution is -2.47. The minimum absolute atomic E-state index is 0.0577. The monoisotopic (exact) mass is 410 g/mol. The van der Waals surface area contributed by atoms with Gasteiger partial charge in [0.2, 0.25) is 0 Å². The first kappa shape index (κ1) is 19.9. The molecule has 0 heterocycles. The maximum absolute atomic E-state index is 14.1. The molecule has 2 aromatic carbocycles. The van der Waals surface area contributed by atoms with Crippen molar-refractivity contribution in [2.75, 3.05) is 0 Å². The predicted octanol–water partition coefficient (Wildman–Crippen LogP) is 3.48. The van der Waals surface area contributed by atoms with Gasteiger partial charge in [-0.3, -0.25) is 4.79 Å². The topological polar surface area (TPSA) is 75.3 Å². The maximum atomic E-state index is 14.1. The lowest BCUT2D eigenvalue weighted by molar-refractivity contribution is -0.121. The molecule has 0 bridgehead atoms. The molecule has 1 aliphatic rings. The van der Waals surface area contributed by atoms with Gasteiger partial charge in [0.25, 0.3) is 10.0 Å². The second kappa shape index (κ2) is 8.06. The number of hydrogen-bond donors (Lipinski definition) is 2. The summed E-state index contributed by atoms with van der Waals surface area (Å²) in [5, 5.41) is 0.397. The van der Waals surface area contributed by atoms with Crippen LogP contribution in [-0.2, 0) is 14.8 Å². The number of rotatable bonds is 5. The molecule has 0 saturated heterocycles. The molecular weight excluding hydrogens is 391 g/mol. The van der Waals surface area contributed by atoms with Crippen LogP contribution in [0, 0.1) is 12.7 Å². The van der Waals surface area contributed by atoms with Crippen molar-refractivity contribution in [2.45, 2.75) is 43.0 Å². The Balaban J connectivity index is 1.70. The number of hydrogen-bond acceptors (Lipinski definition) is 4. The molecule has 2 aromatic rings. The van der Waals surface area contributed by atoms with Gasteiger partial charge < -0.3 is 0 Å². The molecule has 8 heteroatoms. The van der Waals surface area contributed by atoms with Crippen LogP contribution in [0.15, 0.2) is 47.4 Å². The van der Waals surface area contributed by atoms with E-state index in [1.165, 1.54) is 30.3 Å². The minimum Gasteiger partial charge on any atom is -0.300 e. The van der Waals surface area contributed by atoms with Crippen LogP contribution in [0.2, 0.25) is 5.02 Å². The van der Waals surface area contributed by atoms with E-state index < -0.39 is 21.9 Å². The summed E-state index contributed by atoms with van der Waals surface area (Å²) in [6.07, 6.45) is 0.800. The van der Waals surface area contributed by atoms with Crippen molar-refractivity contribution in [2.24, 2.45) is 0 Å². The zero-order chi connectivity index (χ0) is 19.6. The Kier molecular flexibility index (Phi) is 5.95. The number of hydrazine groups is 1. The summed E-state index contributed by atoms with van der Waals surface area (Å²) < 4.78 is 38.9. The molecule has 0 aliphatic heterocycles. The third-order valence-corrected chi connectivity index (χ3v) is 6.16.